The highest BCUT2D eigenvalue weighted by molar-refractivity contribution is 6.30. The molecule has 1 aromatic carbocycles. The monoisotopic (exact) mass is 249 g/mol. The van der Waals surface area contributed by atoms with Crippen molar-refractivity contribution in [2.45, 2.75) is 18.4 Å². The molecule has 1 saturated heterocycles. The third-order valence-corrected chi connectivity index (χ3v) is 3.63. The van der Waals surface area contributed by atoms with Crippen LogP contribution in [0.3, 0.4) is 0 Å². The lowest BCUT2D eigenvalue weighted by molar-refractivity contribution is -0.0229. The van der Waals surface area contributed by atoms with E-state index in [1.54, 1.807) is 0 Å². The number of terminal acetylenes is 1. The average Bonchev–Trinajstić information content (AvgIpc) is 2.33. The number of nitrogens with zero attached hydrogens (tertiary/aromatic N) is 1. The van der Waals surface area contributed by atoms with Crippen molar-refractivity contribution in [3.8, 4) is 12.3 Å². The third kappa shape index (κ3) is 2.81. The van der Waals surface area contributed by atoms with E-state index in [1.165, 1.54) is 0 Å². The highest BCUT2D eigenvalue weighted by Crippen LogP contribution is 2.33. The van der Waals surface area contributed by atoms with Crippen molar-refractivity contribution >= 4 is 11.6 Å². The van der Waals surface area contributed by atoms with Gasteiger partial charge in [0.2, 0.25) is 0 Å². The summed E-state index contributed by atoms with van der Waals surface area (Å²) in [5.41, 5.74) is 0.220. The van der Waals surface area contributed by atoms with Gasteiger partial charge in [-0.3, -0.25) is 4.90 Å². The summed E-state index contributed by atoms with van der Waals surface area (Å²) in [7, 11) is 0. The lowest BCUT2D eigenvalue weighted by Gasteiger charge is -2.37. The molecule has 1 heterocycles. The minimum atomic E-state index is -0.727. The van der Waals surface area contributed by atoms with E-state index in [2.05, 4.69) is 10.8 Å². The van der Waals surface area contributed by atoms with E-state index >= 15 is 0 Å². The van der Waals surface area contributed by atoms with Gasteiger partial charge in [-0.15, -0.1) is 6.42 Å². The SMILES string of the molecule is C#CCN1CCC(O)(c2ccc(Cl)cc2)CC1. The molecular weight excluding hydrogens is 234 g/mol. The average molecular weight is 250 g/mol. The van der Waals surface area contributed by atoms with Crippen molar-refractivity contribution in [1.82, 2.24) is 4.90 Å². The maximum atomic E-state index is 10.6. The van der Waals surface area contributed by atoms with Crippen molar-refractivity contribution in [2.75, 3.05) is 19.6 Å². The first-order valence-electron chi connectivity index (χ1n) is 5.78. The number of piperidine rings is 1. The maximum Gasteiger partial charge on any atom is 0.0920 e. The number of hydrogen-bond acceptors (Lipinski definition) is 2. The minimum Gasteiger partial charge on any atom is -0.385 e. The first-order valence-corrected chi connectivity index (χ1v) is 6.16. The quantitative estimate of drug-likeness (QED) is 0.813. The van der Waals surface area contributed by atoms with E-state index in [1.807, 2.05) is 24.3 Å². The number of hydrogen-bond donors (Lipinski definition) is 1. The van der Waals surface area contributed by atoms with E-state index in [9.17, 15) is 5.11 Å². The second-order valence-electron chi connectivity index (χ2n) is 4.52. The van der Waals surface area contributed by atoms with Gasteiger partial charge in [0.05, 0.1) is 12.1 Å². The molecule has 1 N–H and O–H groups in total. The van der Waals surface area contributed by atoms with Gasteiger partial charge in [0, 0.05) is 18.1 Å². The van der Waals surface area contributed by atoms with E-state index in [0.29, 0.717) is 11.6 Å². The molecule has 0 bridgehead atoms. The Hall–Kier alpha value is -1.01. The van der Waals surface area contributed by atoms with E-state index < -0.39 is 5.60 Å². The first-order chi connectivity index (χ1) is 8.14. The number of likely N-dealkylation sites (tertiary alicyclic amines) is 1. The summed E-state index contributed by atoms with van der Waals surface area (Å²) >= 11 is 5.85. The molecule has 3 heteroatoms. The molecule has 1 aliphatic rings. The minimum absolute atomic E-state index is 0.663. The Kier molecular flexibility index (Phi) is 3.73. The Morgan fingerprint density at radius 1 is 1.29 bits per heavy atom. The molecule has 1 aromatic rings. The lowest BCUT2D eigenvalue weighted by Crippen LogP contribution is -2.42. The fraction of sp³-hybridized carbons (Fsp3) is 0.429. The molecule has 0 spiro atoms. The summed E-state index contributed by atoms with van der Waals surface area (Å²) in [5.74, 6) is 2.64. The molecule has 0 unspecified atom stereocenters. The molecule has 1 fully saturated rings. The van der Waals surface area contributed by atoms with Crippen molar-refractivity contribution in [3.63, 3.8) is 0 Å². The Labute approximate surface area is 107 Å². The summed E-state index contributed by atoms with van der Waals surface area (Å²) in [4.78, 5) is 2.18. The predicted octanol–water partition coefficient (Wildman–Crippen LogP) is 2.26. The van der Waals surface area contributed by atoms with Crippen LogP contribution in [0.4, 0.5) is 0 Å². The van der Waals surface area contributed by atoms with Crippen LogP contribution in [0.15, 0.2) is 24.3 Å². The first kappa shape index (κ1) is 12.4. The highest BCUT2D eigenvalue weighted by Gasteiger charge is 2.33. The predicted molar refractivity (Wildman–Crippen MR) is 69.9 cm³/mol. The highest BCUT2D eigenvalue weighted by atomic mass is 35.5. The molecule has 0 saturated carbocycles. The van der Waals surface area contributed by atoms with Crippen LogP contribution < -0.4 is 0 Å². The molecular formula is C14H16ClNO. The lowest BCUT2D eigenvalue weighted by atomic mass is 9.84. The van der Waals surface area contributed by atoms with Crippen LogP contribution in [0, 0.1) is 12.3 Å². The van der Waals surface area contributed by atoms with Gasteiger partial charge in [-0.2, -0.15) is 0 Å². The summed E-state index contributed by atoms with van der Waals surface area (Å²) in [6, 6.07) is 7.45. The fourth-order valence-corrected chi connectivity index (χ4v) is 2.38. The number of aliphatic hydroxyl groups is 1. The Bertz CT molecular complexity index is 413. The topological polar surface area (TPSA) is 23.5 Å². The van der Waals surface area contributed by atoms with Crippen molar-refractivity contribution < 1.29 is 5.11 Å². The summed E-state index contributed by atoms with van der Waals surface area (Å²) in [6.45, 7) is 2.34. The molecule has 1 aliphatic heterocycles. The zero-order valence-corrected chi connectivity index (χ0v) is 10.5. The molecule has 90 valence electrons. The normalized spacial score (nSPS) is 19.8. The number of benzene rings is 1. The molecule has 2 nitrogen and oxygen atoms in total. The Morgan fingerprint density at radius 3 is 2.41 bits per heavy atom. The molecule has 0 aromatic heterocycles. The van der Waals surface area contributed by atoms with E-state index in [-0.39, 0.29) is 0 Å². The Morgan fingerprint density at radius 2 is 1.88 bits per heavy atom. The van der Waals surface area contributed by atoms with Crippen LogP contribution in [0.25, 0.3) is 0 Å². The molecule has 0 amide bonds. The van der Waals surface area contributed by atoms with Crippen molar-refractivity contribution in [3.05, 3.63) is 34.9 Å². The largest absolute Gasteiger partial charge is 0.385 e. The van der Waals surface area contributed by atoms with Crippen LogP contribution in [0.5, 0.6) is 0 Å². The summed E-state index contributed by atoms with van der Waals surface area (Å²) in [5, 5.41) is 11.3. The van der Waals surface area contributed by atoms with Gasteiger partial charge in [-0.25, -0.2) is 0 Å². The van der Waals surface area contributed by atoms with Crippen LogP contribution in [0.1, 0.15) is 18.4 Å². The van der Waals surface area contributed by atoms with Crippen LogP contribution in [-0.2, 0) is 5.60 Å². The van der Waals surface area contributed by atoms with Crippen LogP contribution in [0.2, 0.25) is 5.02 Å². The molecule has 17 heavy (non-hydrogen) atoms. The van der Waals surface area contributed by atoms with Crippen molar-refractivity contribution in [1.29, 1.82) is 0 Å². The molecule has 2 rings (SSSR count). The number of rotatable bonds is 2. The van der Waals surface area contributed by atoms with Gasteiger partial charge >= 0.3 is 0 Å². The van der Waals surface area contributed by atoms with Gasteiger partial charge in [0.15, 0.2) is 0 Å². The number of halogens is 1. The van der Waals surface area contributed by atoms with E-state index in [4.69, 9.17) is 18.0 Å². The fourth-order valence-electron chi connectivity index (χ4n) is 2.26. The molecule has 0 radical (unpaired) electrons. The zero-order valence-electron chi connectivity index (χ0n) is 9.69. The smallest absolute Gasteiger partial charge is 0.0920 e. The van der Waals surface area contributed by atoms with Gasteiger partial charge in [0.1, 0.15) is 0 Å². The standard InChI is InChI=1S/C14H16ClNO/c1-2-9-16-10-7-14(17,8-11-16)12-3-5-13(15)6-4-12/h1,3-6,17H,7-11H2. The van der Waals surface area contributed by atoms with Crippen LogP contribution >= 0.6 is 11.6 Å². The summed E-state index contributed by atoms with van der Waals surface area (Å²) in [6.07, 6.45) is 6.72. The van der Waals surface area contributed by atoms with E-state index in [0.717, 1.165) is 31.5 Å². The van der Waals surface area contributed by atoms with Gasteiger partial charge in [-0.05, 0) is 30.5 Å². The van der Waals surface area contributed by atoms with Crippen molar-refractivity contribution in [2.24, 2.45) is 0 Å². The molecule has 0 aliphatic carbocycles. The second-order valence-corrected chi connectivity index (χ2v) is 4.96. The zero-order chi connectivity index (χ0) is 12.3. The van der Waals surface area contributed by atoms with Gasteiger partial charge < -0.3 is 5.11 Å². The Balaban J connectivity index is 2.07. The molecule has 0 atom stereocenters. The van der Waals surface area contributed by atoms with Gasteiger partial charge in [-0.1, -0.05) is 29.7 Å². The van der Waals surface area contributed by atoms with Gasteiger partial charge in [0.25, 0.3) is 0 Å². The summed E-state index contributed by atoms with van der Waals surface area (Å²) < 4.78 is 0. The second kappa shape index (κ2) is 5.10. The maximum absolute atomic E-state index is 10.6. The third-order valence-electron chi connectivity index (χ3n) is 3.38. The van der Waals surface area contributed by atoms with Crippen LogP contribution in [-0.4, -0.2) is 29.6 Å².